The number of rotatable bonds is 5. The van der Waals surface area contributed by atoms with Crippen molar-refractivity contribution in [2.45, 2.75) is 0 Å². The molecule has 130 valence electrons. The number of benzene rings is 1. The number of hydrogen-bond acceptors (Lipinski definition) is 4. The van der Waals surface area contributed by atoms with E-state index in [1.165, 1.54) is 6.08 Å². The molecule has 2 rings (SSSR count). The summed E-state index contributed by atoms with van der Waals surface area (Å²) < 4.78 is 6.34. The van der Waals surface area contributed by atoms with Crippen molar-refractivity contribution in [2.75, 3.05) is 6.61 Å². The summed E-state index contributed by atoms with van der Waals surface area (Å²) in [6, 6.07) is 8.08. The van der Waals surface area contributed by atoms with Crippen LogP contribution in [0.15, 0.2) is 42.6 Å². The molecule has 1 heterocycles. The molecular formula is C17H14Cl2N2O4. The summed E-state index contributed by atoms with van der Waals surface area (Å²) in [6.45, 7) is -0.569. The molecule has 0 spiro atoms. The van der Waals surface area contributed by atoms with Gasteiger partial charge in [-0.25, -0.2) is 4.79 Å². The molecule has 0 saturated carbocycles. The maximum atomic E-state index is 11.8. The standard InChI is InChI=1S/C17H14Cl2N2O4/c1-21-8-2-3-14(21)17(24)20-15(22)10-25-16(23)7-5-11-4-6-12(18)13(19)9-11/h2-9H,10H2,1H3,(H,20,22,24)/b7-5+. The van der Waals surface area contributed by atoms with Crippen LogP contribution in [0.4, 0.5) is 0 Å². The molecule has 0 saturated heterocycles. The van der Waals surface area contributed by atoms with Gasteiger partial charge in [0.2, 0.25) is 0 Å². The Morgan fingerprint density at radius 1 is 1.20 bits per heavy atom. The minimum Gasteiger partial charge on any atom is -0.452 e. The Balaban J connectivity index is 1.82. The molecule has 1 aromatic carbocycles. The summed E-state index contributed by atoms with van der Waals surface area (Å²) in [4.78, 5) is 35.1. The van der Waals surface area contributed by atoms with Crippen molar-refractivity contribution in [1.29, 1.82) is 0 Å². The van der Waals surface area contributed by atoms with E-state index in [9.17, 15) is 14.4 Å². The lowest BCUT2D eigenvalue weighted by Gasteiger charge is -2.05. The van der Waals surface area contributed by atoms with Crippen LogP contribution in [0.1, 0.15) is 16.1 Å². The van der Waals surface area contributed by atoms with E-state index in [-0.39, 0.29) is 0 Å². The summed E-state index contributed by atoms with van der Waals surface area (Å²) >= 11 is 11.7. The Labute approximate surface area is 154 Å². The average molecular weight is 381 g/mol. The number of nitrogens with zero attached hydrogens (tertiary/aromatic N) is 1. The Kier molecular flexibility index (Phi) is 6.38. The quantitative estimate of drug-likeness (QED) is 0.638. The lowest BCUT2D eigenvalue weighted by atomic mass is 10.2. The first-order valence-electron chi connectivity index (χ1n) is 7.12. The zero-order valence-electron chi connectivity index (χ0n) is 13.2. The maximum absolute atomic E-state index is 11.8. The van der Waals surface area contributed by atoms with Crippen LogP contribution >= 0.6 is 23.2 Å². The van der Waals surface area contributed by atoms with Crippen LogP contribution in [-0.2, 0) is 21.4 Å². The van der Waals surface area contributed by atoms with E-state index in [0.717, 1.165) is 6.08 Å². The molecule has 0 aliphatic carbocycles. The zero-order chi connectivity index (χ0) is 18.4. The number of nitrogens with one attached hydrogen (secondary N) is 1. The topological polar surface area (TPSA) is 77.4 Å². The molecule has 0 aliphatic heterocycles. The van der Waals surface area contributed by atoms with Crippen LogP contribution in [0.5, 0.6) is 0 Å². The molecule has 1 aromatic heterocycles. The lowest BCUT2D eigenvalue weighted by Crippen LogP contribution is -2.34. The second-order valence-corrected chi connectivity index (χ2v) is 5.81. The fraction of sp³-hybridized carbons (Fsp3) is 0.118. The van der Waals surface area contributed by atoms with Gasteiger partial charge in [-0.3, -0.25) is 14.9 Å². The predicted molar refractivity (Wildman–Crippen MR) is 94.3 cm³/mol. The molecule has 0 fully saturated rings. The van der Waals surface area contributed by atoms with Gasteiger partial charge in [-0.1, -0.05) is 29.3 Å². The number of amides is 2. The van der Waals surface area contributed by atoms with E-state index >= 15 is 0 Å². The number of imide groups is 1. The molecule has 6 nitrogen and oxygen atoms in total. The Bertz CT molecular complexity index is 843. The van der Waals surface area contributed by atoms with Gasteiger partial charge in [0.05, 0.1) is 10.0 Å². The Morgan fingerprint density at radius 3 is 2.60 bits per heavy atom. The summed E-state index contributed by atoms with van der Waals surface area (Å²) in [6.07, 6.45) is 4.29. The normalized spacial score (nSPS) is 10.7. The number of ether oxygens (including phenoxy) is 1. The van der Waals surface area contributed by atoms with Gasteiger partial charge >= 0.3 is 5.97 Å². The van der Waals surface area contributed by atoms with Gasteiger partial charge in [-0.15, -0.1) is 0 Å². The van der Waals surface area contributed by atoms with Crippen LogP contribution in [0.3, 0.4) is 0 Å². The summed E-state index contributed by atoms with van der Waals surface area (Å²) in [5, 5.41) is 2.89. The van der Waals surface area contributed by atoms with Gasteiger partial charge in [0.25, 0.3) is 11.8 Å². The van der Waals surface area contributed by atoms with E-state index < -0.39 is 24.4 Å². The predicted octanol–water partition coefficient (Wildman–Crippen LogP) is 2.84. The van der Waals surface area contributed by atoms with E-state index in [2.05, 4.69) is 5.32 Å². The minimum absolute atomic E-state index is 0.319. The number of esters is 1. The van der Waals surface area contributed by atoms with Crippen LogP contribution < -0.4 is 5.32 Å². The molecule has 0 radical (unpaired) electrons. The smallest absolute Gasteiger partial charge is 0.331 e. The number of aromatic nitrogens is 1. The third-order valence-electron chi connectivity index (χ3n) is 3.13. The SMILES string of the molecule is Cn1cccc1C(=O)NC(=O)COC(=O)/C=C/c1ccc(Cl)c(Cl)c1. The van der Waals surface area contributed by atoms with E-state index in [0.29, 0.717) is 21.3 Å². The molecule has 0 unspecified atom stereocenters. The molecule has 1 N–H and O–H groups in total. The summed E-state index contributed by atoms with van der Waals surface area (Å²) in [5.74, 6) is -2.02. The van der Waals surface area contributed by atoms with Crippen molar-refractivity contribution in [3.63, 3.8) is 0 Å². The highest BCUT2D eigenvalue weighted by Crippen LogP contribution is 2.23. The first-order valence-corrected chi connectivity index (χ1v) is 7.88. The monoisotopic (exact) mass is 380 g/mol. The van der Waals surface area contributed by atoms with Gasteiger partial charge < -0.3 is 9.30 Å². The molecular weight excluding hydrogens is 367 g/mol. The number of carbonyl (C=O) groups excluding carboxylic acids is 3. The van der Waals surface area contributed by atoms with Crippen LogP contribution in [-0.4, -0.2) is 29.0 Å². The first kappa shape index (κ1) is 18.8. The molecule has 0 bridgehead atoms. The highest BCUT2D eigenvalue weighted by atomic mass is 35.5. The number of aryl methyl sites for hydroxylation is 1. The van der Waals surface area contributed by atoms with Crippen molar-refractivity contribution in [3.8, 4) is 0 Å². The fourth-order valence-corrected chi connectivity index (χ4v) is 2.20. The van der Waals surface area contributed by atoms with Crippen molar-refractivity contribution in [3.05, 3.63) is 63.9 Å². The highest BCUT2D eigenvalue weighted by Gasteiger charge is 2.13. The first-order chi connectivity index (χ1) is 11.9. The van der Waals surface area contributed by atoms with Crippen molar-refractivity contribution in [1.82, 2.24) is 9.88 Å². The molecule has 2 aromatic rings. The second-order valence-electron chi connectivity index (χ2n) is 5.00. The largest absolute Gasteiger partial charge is 0.452 e. The molecule has 0 atom stereocenters. The Hall–Kier alpha value is -2.57. The molecule has 2 amide bonds. The van der Waals surface area contributed by atoms with Gasteiger partial charge in [0.1, 0.15) is 5.69 Å². The van der Waals surface area contributed by atoms with Crippen LogP contribution in [0, 0.1) is 0 Å². The van der Waals surface area contributed by atoms with Crippen molar-refractivity contribution in [2.24, 2.45) is 7.05 Å². The molecule has 8 heteroatoms. The fourth-order valence-electron chi connectivity index (χ4n) is 1.89. The van der Waals surface area contributed by atoms with Crippen molar-refractivity contribution >= 4 is 47.1 Å². The summed E-state index contributed by atoms with van der Waals surface area (Å²) in [5.41, 5.74) is 0.967. The zero-order valence-corrected chi connectivity index (χ0v) is 14.7. The third kappa shape index (κ3) is 5.48. The van der Waals surface area contributed by atoms with Gasteiger partial charge in [-0.2, -0.15) is 0 Å². The Morgan fingerprint density at radius 2 is 1.96 bits per heavy atom. The van der Waals surface area contributed by atoms with Crippen molar-refractivity contribution < 1.29 is 19.1 Å². The number of halogens is 2. The third-order valence-corrected chi connectivity index (χ3v) is 3.87. The average Bonchev–Trinajstić information content (AvgIpc) is 3.00. The van der Waals surface area contributed by atoms with Gasteiger partial charge in [0, 0.05) is 19.3 Å². The van der Waals surface area contributed by atoms with Crippen LogP contribution in [0.2, 0.25) is 10.0 Å². The molecule has 0 aliphatic rings. The molecule has 25 heavy (non-hydrogen) atoms. The van der Waals surface area contributed by atoms with E-state index in [1.54, 1.807) is 48.1 Å². The maximum Gasteiger partial charge on any atom is 0.331 e. The summed E-state index contributed by atoms with van der Waals surface area (Å²) in [7, 11) is 1.67. The van der Waals surface area contributed by atoms with Gasteiger partial charge in [-0.05, 0) is 35.9 Å². The number of carbonyl (C=O) groups is 3. The van der Waals surface area contributed by atoms with Gasteiger partial charge in [0.15, 0.2) is 6.61 Å². The van der Waals surface area contributed by atoms with E-state index in [4.69, 9.17) is 27.9 Å². The number of hydrogen-bond donors (Lipinski definition) is 1. The van der Waals surface area contributed by atoms with E-state index in [1.807, 2.05) is 0 Å². The highest BCUT2D eigenvalue weighted by molar-refractivity contribution is 6.42. The second kappa shape index (κ2) is 8.50. The lowest BCUT2D eigenvalue weighted by molar-refractivity contribution is -0.143. The van der Waals surface area contributed by atoms with Crippen LogP contribution in [0.25, 0.3) is 6.08 Å². The minimum atomic E-state index is -0.729.